The molecule has 1 aromatic carbocycles. The average Bonchev–Trinajstić information content (AvgIpc) is 2.23. The minimum Gasteiger partial charge on any atom is -0.491 e. The van der Waals surface area contributed by atoms with Gasteiger partial charge in [0.25, 0.3) is 0 Å². The van der Waals surface area contributed by atoms with Gasteiger partial charge < -0.3 is 10.5 Å². The van der Waals surface area contributed by atoms with Crippen molar-refractivity contribution in [1.82, 2.24) is 0 Å². The molecule has 0 amide bonds. The molecule has 0 unspecified atom stereocenters. The molecule has 1 aromatic rings. The van der Waals surface area contributed by atoms with Gasteiger partial charge in [0.1, 0.15) is 5.75 Å². The first-order valence-corrected chi connectivity index (χ1v) is 8.08. The average molecular weight is 289 g/mol. The summed E-state index contributed by atoms with van der Waals surface area (Å²) in [5.41, 5.74) is 8.36. The smallest absolute Gasteiger partial charge is 0.120 e. The molecule has 0 heterocycles. The van der Waals surface area contributed by atoms with Gasteiger partial charge in [0, 0.05) is 5.54 Å². The van der Waals surface area contributed by atoms with E-state index in [0.29, 0.717) is 0 Å². The van der Waals surface area contributed by atoms with Gasteiger partial charge >= 0.3 is 0 Å². The lowest BCUT2D eigenvalue weighted by Crippen LogP contribution is -2.49. The summed E-state index contributed by atoms with van der Waals surface area (Å²) in [6, 6.07) is 8.38. The van der Waals surface area contributed by atoms with Crippen LogP contribution in [0, 0.1) is 10.8 Å². The Kier molecular flexibility index (Phi) is 4.14. The molecule has 21 heavy (non-hydrogen) atoms. The Morgan fingerprint density at radius 2 is 1.57 bits per heavy atom. The number of hydrogen-bond donors (Lipinski definition) is 1. The maximum atomic E-state index is 6.88. The van der Waals surface area contributed by atoms with Gasteiger partial charge in [-0.2, -0.15) is 0 Å². The molecule has 0 bridgehead atoms. The minimum absolute atomic E-state index is 0.188. The number of hydrogen-bond acceptors (Lipinski definition) is 2. The quantitative estimate of drug-likeness (QED) is 0.862. The monoisotopic (exact) mass is 289 g/mol. The summed E-state index contributed by atoms with van der Waals surface area (Å²) in [6.45, 7) is 13.5. The predicted molar refractivity (Wildman–Crippen MR) is 89.5 cm³/mol. The second-order valence-corrected chi connectivity index (χ2v) is 8.71. The topological polar surface area (TPSA) is 35.2 Å². The molecule has 2 rings (SSSR count). The fraction of sp³-hybridized carbons (Fsp3) is 0.684. The Bertz CT molecular complexity index is 486. The summed E-state index contributed by atoms with van der Waals surface area (Å²) in [4.78, 5) is 0. The number of ether oxygens (including phenoxy) is 1. The minimum atomic E-state index is -0.262. The number of rotatable bonds is 3. The molecule has 118 valence electrons. The van der Waals surface area contributed by atoms with Crippen LogP contribution >= 0.6 is 0 Å². The van der Waals surface area contributed by atoms with Gasteiger partial charge in [0.05, 0.1) is 6.10 Å². The van der Waals surface area contributed by atoms with Crippen LogP contribution in [-0.4, -0.2) is 6.10 Å². The second kappa shape index (κ2) is 5.31. The van der Waals surface area contributed by atoms with E-state index in [1.807, 2.05) is 6.07 Å². The van der Waals surface area contributed by atoms with Gasteiger partial charge in [-0.1, -0.05) is 39.8 Å². The van der Waals surface area contributed by atoms with Crippen molar-refractivity contribution in [3.63, 3.8) is 0 Å². The van der Waals surface area contributed by atoms with E-state index in [2.05, 4.69) is 59.7 Å². The summed E-state index contributed by atoms with van der Waals surface area (Å²) < 4.78 is 5.84. The maximum absolute atomic E-state index is 6.88. The molecule has 0 aromatic heterocycles. The highest BCUT2D eigenvalue weighted by Crippen LogP contribution is 2.52. The van der Waals surface area contributed by atoms with Gasteiger partial charge in [-0.3, -0.25) is 0 Å². The van der Waals surface area contributed by atoms with E-state index in [-0.39, 0.29) is 22.5 Å². The van der Waals surface area contributed by atoms with Crippen LogP contribution in [0.2, 0.25) is 0 Å². The van der Waals surface area contributed by atoms with Crippen LogP contribution < -0.4 is 10.5 Å². The molecule has 0 aliphatic heterocycles. The lowest BCUT2D eigenvalue weighted by atomic mass is 9.57. The van der Waals surface area contributed by atoms with Gasteiger partial charge in [0.2, 0.25) is 0 Å². The third-order valence-corrected chi connectivity index (χ3v) is 4.33. The SMILES string of the molecule is CC(C)Oc1cccc(C2(N)CC(C)(C)CC(C)(C)C2)c1. The van der Waals surface area contributed by atoms with Crippen molar-refractivity contribution in [2.24, 2.45) is 16.6 Å². The van der Waals surface area contributed by atoms with Crippen LogP contribution in [0.4, 0.5) is 0 Å². The van der Waals surface area contributed by atoms with Crippen molar-refractivity contribution < 1.29 is 4.74 Å². The summed E-state index contributed by atoms with van der Waals surface area (Å²) in [7, 11) is 0. The first-order chi connectivity index (χ1) is 9.51. The highest BCUT2D eigenvalue weighted by Gasteiger charge is 2.46. The molecule has 2 heteroatoms. The van der Waals surface area contributed by atoms with Crippen LogP contribution in [0.15, 0.2) is 24.3 Å². The fourth-order valence-electron chi connectivity index (χ4n) is 4.55. The molecule has 1 aliphatic carbocycles. The molecule has 0 atom stereocenters. The third-order valence-electron chi connectivity index (χ3n) is 4.33. The molecule has 1 aliphatic rings. The number of benzene rings is 1. The molecular weight excluding hydrogens is 258 g/mol. The van der Waals surface area contributed by atoms with E-state index >= 15 is 0 Å². The molecule has 2 N–H and O–H groups in total. The standard InChI is InChI=1S/C19H31NO/c1-14(2)21-16-9-7-8-15(10-16)19(20)12-17(3,4)11-18(5,6)13-19/h7-10,14H,11-13,20H2,1-6H3. The first-order valence-electron chi connectivity index (χ1n) is 8.08. The maximum Gasteiger partial charge on any atom is 0.120 e. The molecular formula is C19H31NO. The highest BCUT2D eigenvalue weighted by molar-refractivity contribution is 5.34. The van der Waals surface area contributed by atoms with Crippen LogP contribution in [-0.2, 0) is 5.54 Å². The van der Waals surface area contributed by atoms with Crippen molar-refractivity contribution in [2.75, 3.05) is 0 Å². The van der Waals surface area contributed by atoms with Crippen molar-refractivity contribution in [2.45, 2.75) is 72.4 Å². The van der Waals surface area contributed by atoms with E-state index in [1.54, 1.807) is 0 Å². The molecule has 1 saturated carbocycles. The Morgan fingerprint density at radius 3 is 2.10 bits per heavy atom. The molecule has 1 fully saturated rings. The van der Waals surface area contributed by atoms with Crippen LogP contribution in [0.25, 0.3) is 0 Å². The van der Waals surface area contributed by atoms with Gasteiger partial charge in [-0.25, -0.2) is 0 Å². The Hall–Kier alpha value is -1.02. The molecule has 0 saturated heterocycles. The summed E-state index contributed by atoms with van der Waals surface area (Å²) in [6.07, 6.45) is 3.46. The van der Waals surface area contributed by atoms with Crippen LogP contribution in [0.1, 0.15) is 66.4 Å². The Balaban J connectivity index is 2.34. The highest BCUT2D eigenvalue weighted by atomic mass is 16.5. The second-order valence-electron chi connectivity index (χ2n) is 8.71. The Morgan fingerprint density at radius 1 is 1.00 bits per heavy atom. The largest absolute Gasteiger partial charge is 0.491 e. The lowest BCUT2D eigenvalue weighted by molar-refractivity contribution is 0.0469. The zero-order valence-corrected chi connectivity index (χ0v) is 14.5. The lowest BCUT2D eigenvalue weighted by Gasteiger charge is -2.50. The van der Waals surface area contributed by atoms with Crippen molar-refractivity contribution in [1.29, 1.82) is 0 Å². The Labute approximate surface area is 130 Å². The van der Waals surface area contributed by atoms with Crippen molar-refractivity contribution in [3.8, 4) is 5.75 Å². The van der Waals surface area contributed by atoms with Gasteiger partial charge in [0.15, 0.2) is 0 Å². The van der Waals surface area contributed by atoms with E-state index in [4.69, 9.17) is 10.5 Å². The van der Waals surface area contributed by atoms with Crippen molar-refractivity contribution in [3.05, 3.63) is 29.8 Å². The number of nitrogens with two attached hydrogens (primary N) is 1. The third kappa shape index (κ3) is 4.00. The van der Waals surface area contributed by atoms with E-state index in [9.17, 15) is 0 Å². The molecule has 2 nitrogen and oxygen atoms in total. The van der Waals surface area contributed by atoms with Crippen LogP contribution in [0.5, 0.6) is 5.75 Å². The molecule has 0 spiro atoms. The van der Waals surface area contributed by atoms with Gasteiger partial charge in [-0.15, -0.1) is 0 Å². The predicted octanol–water partition coefficient (Wildman–Crippen LogP) is 4.86. The van der Waals surface area contributed by atoms with E-state index in [0.717, 1.165) is 18.6 Å². The normalized spacial score (nSPS) is 23.0. The van der Waals surface area contributed by atoms with E-state index < -0.39 is 0 Å². The fourth-order valence-corrected chi connectivity index (χ4v) is 4.55. The van der Waals surface area contributed by atoms with E-state index in [1.165, 1.54) is 12.0 Å². The summed E-state index contributed by atoms with van der Waals surface area (Å²) >= 11 is 0. The first kappa shape index (κ1) is 16.4. The zero-order valence-electron chi connectivity index (χ0n) is 14.5. The van der Waals surface area contributed by atoms with Crippen LogP contribution in [0.3, 0.4) is 0 Å². The summed E-state index contributed by atoms with van der Waals surface area (Å²) in [5.74, 6) is 0.925. The summed E-state index contributed by atoms with van der Waals surface area (Å²) in [5, 5.41) is 0. The zero-order chi connectivity index (χ0) is 15.9. The van der Waals surface area contributed by atoms with Crippen molar-refractivity contribution >= 4 is 0 Å². The van der Waals surface area contributed by atoms with Gasteiger partial charge in [-0.05, 0) is 61.6 Å². The molecule has 0 radical (unpaired) electrons.